The van der Waals surface area contributed by atoms with Gasteiger partial charge in [-0.1, -0.05) is 0 Å². The number of carbonyl (C=O) groups excluding carboxylic acids is 1. The third-order valence-electron chi connectivity index (χ3n) is 6.77. The smallest absolute Gasteiger partial charge is 0.409 e. The summed E-state index contributed by atoms with van der Waals surface area (Å²) in [5.74, 6) is 0.420. The number of piperidine rings is 1. The Morgan fingerprint density at radius 2 is 2.04 bits per heavy atom. The number of ether oxygens (including phenoxy) is 1. The molecule has 1 N–H and O–H groups in total. The van der Waals surface area contributed by atoms with Crippen LogP contribution in [-0.4, -0.2) is 75.3 Å². The number of amides is 1. The minimum atomic E-state index is -0.829. The van der Waals surface area contributed by atoms with Crippen LogP contribution < -0.4 is 0 Å². The molecule has 1 aromatic rings. The van der Waals surface area contributed by atoms with Gasteiger partial charge in [-0.3, -0.25) is 4.79 Å². The minimum absolute atomic E-state index is 0.0162. The first-order valence-corrected chi connectivity index (χ1v) is 10.4. The fourth-order valence-corrected chi connectivity index (χ4v) is 5.32. The number of likely N-dealkylation sites (tertiary alicyclic amines) is 2. The van der Waals surface area contributed by atoms with Crippen LogP contribution in [-0.2, 0) is 16.1 Å². The summed E-state index contributed by atoms with van der Waals surface area (Å²) in [7, 11) is 0. The van der Waals surface area contributed by atoms with Crippen molar-refractivity contribution < 1.29 is 19.4 Å². The SMILES string of the molecule is CCOC(=O)N1CCC2(CC(N3CCC(c4nccn4CC(=O)O)CC3)C2)C1. The van der Waals surface area contributed by atoms with E-state index in [0.717, 1.165) is 51.3 Å². The lowest BCUT2D eigenvalue weighted by Crippen LogP contribution is -2.54. The molecule has 154 valence electrons. The van der Waals surface area contributed by atoms with Gasteiger partial charge in [0.15, 0.2) is 0 Å². The van der Waals surface area contributed by atoms with Crippen molar-refractivity contribution in [1.82, 2.24) is 19.4 Å². The topological polar surface area (TPSA) is 87.9 Å². The highest BCUT2D eigenvalue weighted by atomic mass is 16.6. The van der Waals surface area contributed by atoms with Crippen LogP contribution in [0.2, 0.25) is 0 Å². The quantitative estimate of drug-likeness (QED) is 0.829. The average molecular weight is 390 g/mol. The van der Waals surface area contributed by atoms with Gasteiger partial charge in [0.2, 0.25) is 0 Å². The molecule has 0 radical (unpaired) electrons. The van der Waals surface area contributed by atoms with Gasteiger partial charge in [-0.25, -0.2) is 9.78 Å². The maximum absolute atomic E-state index is 11.9. The third kappa shape index (κ3) is 3.74. The number of hydrogen-bond acceptors (Lipinski definition) is 5. The van der Waals surface area contributed by atoms with Crippen molar-refractivity contribution in [3.8, 4) is 0 Å². The zero-order chi connectivity index (χ0) is 19.7. The van der Waals surface area contributed by atoms with E-state index in [9.17, 15) is 9.59 Å². The fourth-order valence-electron chi connectivity index (χ4n) is 5.32. The van der Waals surface area contributed by atoms with Crippen molar-refractivity contribution in [2.45, 2.75) is 57.5 Å². The third-order valence-corrected chi connectivity index (χ3v) is 6.77. The van der Waals surface area contributed by atoms with Crippen LogP contribution in [0, 0.1) is 5.41 Å². The molecule has 1 aliphatic carbocycles. The van der Waals surface area contributed by atoms with Gasteiger partial charge < -0.3 is 24.2 Å². The molecule has 2 aliphatic heterocycles. The van der Waals surface area contributed by atoms with Gasteiger partial charge in [0.05, 0.1) is 6.61 Å². The molecule has 3 aliphatic rings. The van der Waals surface area contributed by atoms with E-state index in [4.69, 9.17) is 9.84 Å². The number of hydrogen-bond donors (Lipinski definition) is 1. The molecule has 28 heavy (non-hydrogen) atoms. The molecule has 1 aromatic heterocycles. The van der Waals surface area contributed by atoms with Crippen molar-refractivity contribution in [3.63, 3.8) is 0 Å². The number of carboxylic acids is 1. The summed E-state index contributed by atoms with van der Waals surface area (Å²) in [4.78, 5) is 31.9. The molecule has 4 rings (SSSR count). The van der Waals surface area contributed by atoms with Gasteiger partial charge in [0.1, 0.15) is 12.4 Å². The van der Waals surface area contributed by atoms with Crippen LogP contribution in [0.15, 0.2) is 12.4 Å². The van der Waals surface area contributed by atoms with E-state index < -0.39 is 5.97 Å². The Morgan fingerprint density at radius 1 is 1.29 bits per heavy atom. The standard InChI is InChI=1S/C20H30N4O4/c1-2-28-19(27)24-9-5-20(14-24)11-16(12-20)22-7-3-15(4-8-22)18-21-6-10-23(18)13-17(25)26/h6,10,15-16H,2-5,7-9,11-14H2,1H3,(H,25,26). The van der Waals surface area contributed by atoms with E-state index >= 15 is 0 Å². The molecule has 0 aromatic carbocycles. The van der Waals surface area contributed by atoms with Crippen LogP contribution in [0.25, 0.3) is 0 Å². The van der Waals surface area contributed by atoms with E-state index in [1.165, 1.54) is 12.8 Å². The Morgan fingerprint density at radius 3 is 2.71 bits per heavy atom. The predicted molar refractivity (Wildman–Crippen MR) is 102 cm³/mol. The second-order valence-electron chi connectivity index (χ2n) is 8.55. The summed E-state index contributed by atoms with van der Waals surface area (Å²) in [6.07, 6.45) is 8.77. The number of carbonyl (C=O) groups is 2. The van der Waals surface area contributed by atoms with Crippen molar-refractivity contribution in [2.24, 2.45) is 5.41 Å². The first-order valence-electron chi connectivity index (χ1n) is 10.4. The first-order chi connectivity index (χ1) is 13.5. The Kier molecular flexibility index (Phi) is 5.31. The van der Waals surface area contributed by atoms with Gasteiger partial charge in [0.25, 0.3) is 0 Å². The minimum Gasteiger partial charge on any atom is -0.480 e. The summed E-state index contributed by atoms with van der Waals surface area (Å²) < 4.78 is 6.91. The van der Waals surface area contributed by atoms with Gasteiger partial charge in [-0.2, -0.15) is 0 Å². The molecule has 0 atom stereocenters. The van der Waals surface area contributed by atoms with E-state index in [-0.39, 0.29) is 12.6 Å². The Hall–Kier alpha value is -2.09. The van der Waals surface area contributed by atoms with Crippen molar-refractivity contribution >= 4 is 12.1 Å². The molecule has 0 bridgehead atoms. The fraction of sp³-hybridized carbons (Fsp3) is 0.750. The summed E-state index contributed by atoms with van der Waals surface area (Å²) in [6.45, 7) is 5.99. The number of aliphatic carboxylic acids is 1. The lowest BCUT2D eigenvalue weighted by molar-refractivity contribution is -0.137. The van der Waals surface area contributed by atoms with E-state index in [1.807, 2.05) is 11.8 Å². The number of imidazole rings is 1. The molecule has 1 spiro atoms. The van der Waals surface area contributed by atoms with E-state index in [2.05, 4.69) is 9.88 Å². The Labute approximate surface area is 165 Å². The highest BCUT2D eigenvalue weighted by molar-refractivity contribution is 5.68. The number of nitrogens with zero attached hydrogens (tertiary/aromatic N) is 4. The summed E-state index contributed by atoms with van der Waals surface area (Å²) in [5.41, 5.74) is 0.298. The van der Waals surface area contributed by atoms with Crippen LogP contribution in [0.3, 0.4) is 0 Å². The number of aromatic nitrogens is 2. The Bertz CT molecular complexity index is 720. The summed E-state index contributed by atoms with van der Waals surface area (Å²) >= 11 is 0. The molecule has 2 saturated heterocycles. The van der Waals surface area contributed by atoms with Crippen LogP contribution in [0.5, 0.6) is 0 Å². The lowest BCUT2D eigenvalue weighted by atomic mass is 9.64. The molecule has 8 heteroatoms. The number of rotatable bonds is 5. The maximum atomic E-state index is 11.9. The van der Waals surface area contributed by atoms with Crippen LogP contribution in [0.1, 0.15) is 50.8 Å². The van der Waals surface area contributed by atoms with Gasteiger partial charge in [-0.15, -0.1) is 0 Å². The molecular formula is C20H30N4O4. The second-order valence-corrected chi connectivity index (χ2v) is 8.55. The molecule has 1 amide bonds. The zero-order valence-electron chi connectivity index (χ0n) is 16.5. The normalized spacial score (nSPS) is 28.5. The van der Waals surface area contributed by atoms with Crippen LogP contribution >= 0.6 is 0 Å². The number of carboxylic acid groups (broad SMARTS) is 1. The van der Waals surface area contributed by atoms with Crippen molar-refractivity contribution in [2.75, 3.05) is 32.8 Å². The van der Waals surface area contributed by atoms with E-state index in [0.29, 0.717) is 24.0 Å². The molecule has 0 unspecified atom stereocenters. The van der Waals surface area contributed by atoms with Gasteiger partial charge in [0, 0.05) is 37.4 Å². The van der Waals surface area contributed by atoms with Gasteiger partial charge >= 0.3 is 12.1 Å². The lowest BCUT2D eigenvalue weighted by Gasteiger charge is -2.51. The Balaban J connectivity index is 1.26. The van der Waals surface area contributed by atoms with Crippen molar-refractivity contribution in [3.05, 3.63) is 18.2 Å². The van der Waals surface area contributed by atoms with E-state index in [1.54, 1.807) is 17.0 Å². The van der Waals surface area contributed by atoms with Gasteiger partial charge in [-0.05, 0) is 57.5 Å². The molecule has 8 nitrogen and oxygen atoms in total. The van der Waals surface area contributed by atoms with Crippen LogP contribution in [0.4, 0.5) is 4.79 Å². The summed E-state index contributed by atoms with van der Waals surface area (Å²) in [5, 5.41) is 9.06. The largest absolute Gasteiger partial charge is 0.480 e. The summed E-state index contributed by atoms with van der Waals surface area (Å²) in [6, 6.07) is 0.613. The first kappa shape index (κ1) is 19.2. The molecule has 3 heterocycles. The highest BCUT2D eigenvalue weighted by Crippen LogP contribution is 2.51. The highest BCUT2D eigenvalue weighted by Gasteiger charge is 2.51. The molecular weight excluding hydrogens is 360 g/mol. The molecule has 3 fully saturated rings. The second kappa shape index (κ2) is 7.73. The molecule has 1 saturated carbocycles. The predicted octanol–water partition coefficient (Wildman–Crippen LogP) is 2.16. The monoisotopic (exact) mass is 390 g/mol. The average Bonchev–Trinajstić information content (AvgIpc) is 3.28. The van der Waals surface area contributed by atoms with Crippen molar-refractivity contribution in [1.29, 1.82) is 0 Å². The zero-order valence-corrected chi connectivity index (χ0v) is 16.5. The maximum Gasteiger partial charge on any atom is 0.409 e.